The van der Waals surface area contributed by atoms with Crippen molar-refractivity contribution in [3.63, 3.8) is 0 Å². The number of methoxy groups -OCH3 is 1. The van der Waals surface area contributed by atoms with Crippen molar-refractivity contribution < 1.29 is 9.47 Å². The Morgan fingerprint density at radius 3 is 3.19 bits per heavy atom. The number of ether oxygens (including phenoxy) is 2. The van der Waals surface area contributed by atoms with Crippen LogP contribution in [0.2, 0.25) is 0 Å². The largest absolute Gasteiger partial charge is 0.493 e. The highest BCUT2D eigenvalue weighted by Crippen LogP contribution is 2.28. The monoisotopic (exact) mass is 221 g/mol. The molecule has 1 aromatic rings. The Morgan fingerprint density at radius 1 is 1.50 bits per heavy atom. The molecule has 0 radical (unpaired) electrons. The molecule has 88 valence electrons. The van der Waals surface area contributed by atoms with Gasteiger partial charge >= 0.3 is 0 Å². The molecule has 1 aliphatic heterocycles. The molecule has 3 heteroatoms. The topological polar surface area (TPSA) is 44.5 Å². The van der Waals surface area contributed by atoms with E-state index >= 15 is 0 Å². The van der Waals surface area contributed by atoms with E-state index in [-0.39, 0.29) is 6.04 Å². The van der Waals surface area contributed by atoms with E-state index in [0.29, 0.717) is 0 Å². The number of hydrogen-bond acceptors (Lipinski definition) is 3. The fourth-order valence-corrected chi connectivity index (χ4v) is 2.05. The number of nitrogens with two attached hydrogens (primary N) is 1. The van der Waals surface area contributed by atoms with Crippen molar-refractivity contribution in [3.8, 4) is 5.75 Å². The van der Waals surface area contributed by atoms with E-state index in [4.69, 9.17) is 15.2 Å². The predicted octanol–water partition coefficient (Wildman–Crippen LogP) is 2.05. The maximum absolute atomic E-state index is 6.13. The van der Waals surface area contributed by atoms with E-state index in [9.17, 15) is 0 Å². The predicted molar refractivity (Wildman–Crippen MR) is 63.7 cm³/mol. The minimum Gasteiger partial charge on any atom is -0.493 e. The number of hydrogen-bond donors (Lipinski definition) is 1. The van der Waals surface area contributed by atoms with Crippen molar-refractivity contribution in [2.24, 2.45) is 5.73 Å². The maximum Gasteiger partial charge on any atom is 0.122 e. The van der Waals surface area contributed by atoms with Crippen molar-refractivity contribution in [3.05, 3.63) is 29.3 Å². The molecule has 2 N–H and O–H groups in total. The molecule has 1 atom stereocenters. The quantitative estimate of drug-likeness (QED) is 0.774. The molecule has 1 unspecified atom stereocenters. The summed E-state index contributed by atoms with van der Waals surface area (Å²) in [4.78, 5) is 0. The lowest BCUT2D eigenvalue weighted by Crippen LogP contribution is -2.11. The van der Waals surface area contributed by atoms with E-state index in [1.807, 2.05) is 6.07 Å². The summed E-state index contributed by atoms with van der Waals surface area (Å²) >= 11 is 0. The second kappa shape index (κ2) is 5.32. The standard InChI is InChI=1S/C13H19NO2/c1-15-7-2-3-12(14)10-4-5-13-11(9-10)6-8-16-13/h4-5,9,12H,2-3,6-8,14H2,1H3. The van der Waals surface area contributed by atoms with E-state index in [1.165, 1.54) is 11.1 Å². The Balaban J connectivity index is 1.98. The van der Waals surface area contributed by atoms with Crippen LogP contribution >= 0.6 is 0 Å². The van der Waals surface area contributed by atoms with E-state index in [0.717, 1.165) is 38.2 Å². The van der Waals surface area contributed by atoms with Crippen LogP contribution in [-0.2, 0) is 11.2 Å². The molecule has 0 amide bonds. The molecule has 0 bridgehead atoms. The van der Waals surface area contributed by atoms with Gasteiger partial charge in [-0.05, 0) is 30.0 Å². The van der Waals surface area contributed by atoms with Crippen molar-refractivity contribution in [2.75, 3.05) is 20.3 Å². The van der Waals surface area contributed by atoms with Crippen LogP contribution in [0, 0.1) is 0 Å². The third-order valence-corrected chi connectivity index (χ3v) is 3.01. The summed E-state index contributed by atoms with van der Waals surface area (Å²) in [5.41, 5.74) is 8.63. The molecule has 1 aromatic carbocycles. The van der Waals surface area contributed by atoms with Gasteiger partial charge in [-0.1, -0.05) is 12.1 Å². The highest BCUT2D eigenvalue weighted by atomic mass is 16.5. The van der Waals surface area contributed by atoms with Gasteiger partial charge in [0.2, 0.25) is 0 Å². The lowest BCUT2D eigenvalue weighted by Gasteiger charge is -2.12. The molecule has 0 saturated carbocycles. The minimum atomic E-state index is 0.112. The lowest BCUT2D eigenvalue weighted by atomic mass is 10.00. The van der Waals surface area contributed by atoms with Gasteiger partial charge < -0.3 is 15.2 Å². The lowest BCUT2D eigenvalue weighted by molar-refractivity contribution is 0.190. The first-order valence-electron chi connectivity index (χ1n) is 5.81. The molecule has 1 aliphatic rings. The van der Waals surface area contributed by atoms with Gasteiger partial charge in [-0.15, -0.1) is 0 Å². The van der Waals surface area contributed by atoms with Crippen LogP contribution in [0.1, 0.15) is 30.0 Å². The second-order valence-corrected chi connectivity index (χ2v) is 4.21. The number of rotatable bonds is 5. The minimum absolute atomic E-state index is 0.112. The van der Waals surface area contributed by atoms with Crippen LogP contribution < -0.4 is 10.5 Å². The van der Waals surface area contributed by atoms with Crippen molar-refractivity contribution >= 4 is 0 Å². The molecule has 2 rings (SSSR count). The first-order chi connectivity index (χ1) is 7.81. The van der Waals surface area contributed by atoms with Crippen molar-refractivity contribution in [1.29, 1.82) is 0 Å². The van der Waals surface area contributed by atoms with Crippen LogP contribution in [0.4, 0.5) is 0 Å². The zero-order valence-electron chi connectivity index (χ0n) is 9.74. The summed E-state index contributed by atoms with van der Waals surface area (Å²) in [7, 11) is 1.72. The Morgan fingerprint density at radius 2 is 2.38 bits per heavy atom. The van der Waals surface area contributed by atoms with E-state index in [2.05, 4.69) is 12.1 Å². The molecule has 0 saturated heterocycles. The SMILES string of the molecule is COCCCC(N)c1ccc2c(c1)CCO2. The summed E-state index contributed by atoms with van der Waals surface area (Å²) in [5.74, 6) is 1.02. The average Bonchev–Trinajstić information content (AvgIpc) is 2.76. The summed E-state index contributed by atoms with van der Waals surface area (Å²) in [6.45, 7) is 1.58. The van der Waals surface area contributed by atoms with Gasteiger partial charge in [0.05, 0.1) is 6.61 Å². The van der Waals surface area contributed by atoms with Gasteiger partial charge in [-0.25, -0.2) is 0 Å². The molecule has 16 heavy (non-hydrogen) atoms. The van der Waals surface area contributed by atoms with Gasteiger partial charge in [0.15, 0.2) is 0 Å². The molecule has 3 nitrogen and oxygen atoms in total. The zero-order chi connectivity index (χ0) is 11.4. The van der Waals surface area contributed by atoms with Crippen LogP contribution in [0.5, 0.6) is 5.75 Å². The highest BCUT2D eigenvalue weighted by molar-refractivity contribution is 5.40. The molecule has 0 aliphatic carbocycles. The average molecular weight is 221 g/mol. The van der Waals surface area contributed by atoms with Crippen molar-refractivity contribution in [2.45, 2.75) is 25.3 Å². The van der Waals surface area contributed by atoms with Crippen LogP contribution in [0.15, 0.2) is 18.2 Å². The maximum atomic E-state index is 6.13. The Hall–Kier alpha value is -1.06. The Bertz CT molecular complexity index is 352. The van der Waals surface area contributed by atoms with Gasteiger partial charge in [0.25, 0.3) is 0 Å². The smallest absolute Gasteiger partial charge is 0.122 e. The first kappa shape index (κ1) is 11.4. The fraction of sp³-hybridized carbons (Fsp3) is 0.538. The van der Waals surface area contributed by atoms with E-state index < -0.39 is 0 Å². The Kier molecular flexibility index (Phi) is 3.80. The van der Waals surface area contributed by atoms with Crippen molar-refractivity contribution in [1.82, 2.24) is 0 Å². The normalized spacial score (nSPS) is 15.6. The molecular weight excluding hydrogens is 202 g/mol. The molecule has 0 aromatic heterocycles. The summed E-state index contributed by atoms with van der Waals surface area (Å²) in [6, 6.07) is 6.40. The van der Waals surface area contributed by atoms with Crippen LogP contribution in [0.3, 0.4) is 0 Å². The third kappa shape index (κ3) is 2.54. The molecule has 1 heterocycles. The number of fused-ring (bicyclic) bond motifs is 1. The summed E-state index contributed by atoms with van der Waals surface area (Å²) in [5, 5.41) is 0. The van der Waals surface area contributed by atoms with Gasteiger partial charge in [-0.2, -0.15) is 0 Å². The number of benzene rings is 1. The summed E-state index contributed by atoms with van der Waals surface area (Å²) < 4.78 is 10.5. The molecule has 0 fully saturated rings. The van der Waals surface area contributed by atoms with Gasteiger partial charge in [0.1, 0.15) is 5.75 Å². The Labute approximate surface area is 96.5 Å². The fourth-order valence-electron chi connectivity index (χ4n) is 2.05. The first-order valence-corrected chi connectivity index (χ1v) is 5.81. The van der Waals surface area contributed by atoms with Crippen LogP contribution in [-0.4, -0.2) is 20.3 Å². The second-order valence-electron chi connectivity index (χ2n) is 4.21. The van der Waals surface area contributed by atoms with E-state index in [1.54, 1.807) is 7.11 Å². The highest BCUT2D eigenvalue weighted by Gasteiger charge is 2.14. The molecule has 0 spiro atoms. The van der Waals surface area contributed by atoms with Crippen LogP contribution in [0.25, 0.3) is 0 Å². The van der Waals surface area contributed by atoms with Gasteiger partial charge in [-0.3, -0.25) is 0 Å². The summed E-state index contributed by atoms with van der Waals surface area (Å²) in [6.07, 6.45) is 2.98. The van der Waals surface area contributed by atoms with Gasteiger partial charge in [0, 0.05) is 26.2 Å². The third-order valence-electron chi connectivity index (χ3n) is 3.01. The zero-order valence-corrected chi connectivity index (χ0v) is 9.74. The molecular formula is C13H19NO2.